The fraction of sp³-hybridized carbons (Fsp3) is 0.364. The van der Waals surface area contributed by atoms with Crippen molar-refractivity contribution in [2.24, 2.45) is 5.73 Å². The van der Waals surface area contributed by atoms with E-state index in [0.717, 1.165) is 12.5 Å². The summed E-state index contributed by atoms with van der Waals surface area (Å²) in [4.78, 5) is 13.3. The van der Waals surface area contributed by atoms with Gasteiger partial charge in [0.05, 0.1) is 5.02 Å². The number of carbonyl (C=O) groups excluding carboxylic acids is 1. The second-order valence-electron chi connectivity index (χ2n) is 3.50. The summed E-state index contributed by atoms with van der Waals surface area (Å²) in [5.41, 5.74) is 5.64. The first-order valence-electron chi connectivity index (χ1n) is 4.97. The third kappa shape index (κ3) is 3.18. The van der Waals surface area contributed by atoms with Crippen LogP contribution in [0.2, 0.25) is 5.02 Å². The summed E-state index contributed by atoms with van der Waals surface area (Å²) in [6.45, 7) is 1.08. The molecule has 1 aromatic rings. The van der Waals surface area contributed by atoms with E-state index in [9.17, 15) is 9.18 Å². The summed E-state index contributed by atoms with van der Waals surface area (Å²) in [5, 5.41) is 0.0150. The highest BCUT2D eigenvalue weighted by Gasteiger charge is 2.12. The summed E-state index contributed by atoms with van der Waals surface area (Å²) in [5.74, 6) is -0.816. The van der Waals surface area contributed by atoms with Gasteiger partial charge in [-0.05, 0) is 31.2 Å². The lowest BCUT2D eigenvalue weighted by atomic mass is 10.2. The van der Waals surface area contributed by atoms with Crippen molar-refractivity contribution in [2.75, 3.05) is 20.1 Å². The molecule has 0 aliphatic carbocycles. The van der Waals surface area contributed by atoms with Gasteiger partial charge >= 0.3 is 0 Å². The van der Waals surface area contributed by atoms with Crippen molar-refractivity contribution in [1.29, 1.82) is 0 Å². The molecule has 16 heavy (non-hydrogen) atoms. The molecule has 88 valence electrons. The Kier molecular flexibility index (Phi) is 4.71. The average Bonchev–Trinajstić information content (AvgIpc) is 2.28. The number of nitrogens with zero attached hydrogens (tertiary/aromatic N) is 1. The molecule has 0 radical (unpaired) electrons. The van der Waals surface area contributed by atoms with Crippen molar-refractivity contribution in [1.82, 2.24) is 4.90 Å². The van der Waals surface area contributed by atoms with Crippen LogP contribution >= 0.6 is 11.6 Å². The molecular formula is C11H14ClFN2O. The second-order valence-corrected chi connectivity index (χ2v) is 3.91. The van der Waals surface area contributed by atoms with E-state index in [1.807, 2.05) is 0 Å². The van der Waals surface area contributed by atoms with Crippen molar-refractivity contribution >= 4 is 17.5 Å². The molecule has 0 aliphatic rings. The van der Waals surface area contributed by atoms with Crippen LogP contribution < -0.4 is 5.73 Å². The maximum Gasteiger partial charge on any atom is 0.253 e. The summed E-state index contributed by atoms with van der Waals surface area (Å²) < 4.78 is 13.1. The SMILES string of the molecule is CN(CCCN)C(=O)c1ccc(Cl)c(F)c1. The molecule has 2 N–H and O–H groups in total. The number of rotatable bonds is 4. The predicted molar refractivity (Wildman–Crippen MR) is 62.0 cm³/mol. The van der Waals surface area contributed by atoms with Crippen LogP contribution in [0.4, 0.5) is 4.39 Å². The van der Waals surface area contributed by atoms with Crippen molar-refractivity contribution in [3.63, 3.8) is 0 Å². The lowest BCUT2D eigenvalue weighted by molar-refractivity contribution is 0.0794. The molecule has 0 heterocycles. The largest absolute Gasteiger partial charge is 0.342 e. The van der Waals surface area contributed by atoms with Gasteiger partial charge in [0.2, 0.25) is 0 Å². The molecule has 0 saturated carbocycles. The van der Waals surface area contributed by atoms with Gasteiger partial charge in [-0.3, -0.25) is 4.79 Å². The van der Waals surface area contributed by atoms with Crippen LogP contribution in [-0.4, -0.2) is 30.9 Å². The summed E-state index contributed by atoms with van der Waals surface area (Å²) in [6.07, 6.45) is 0.721. The fourth-order valence-corrected chi connectivity index (χ4v) is 1.40. The number of amides is 1. The smallest absolute Gasteiger partial charge is 0.253 e. The zero-order valence-corrected chi connectivity index (χ0v) is 9.80. The van der Waals surface area contributed by atoms with Gasteiger partial charge in [-0.15, -0.1) is 0 Å². The topological polar surface area (TPSA) is 46.3 Å². The fourth-order valence-electron chi connectivity index (χ4n) is 1.28. The number of carbonyl (C=O) groups is 1. The number of halogens is 2. The average molecular weight is 245 g/mol. The zero-order chi connectivity index (χ0) is 12.1. The molecule has 5 heteroatoms. The molecular weight excluding hydrogens is 231 g/mol. The molecule has 0 fully saturated rings. The van der Waals surface area contributed by atoms with E-state index in [0.29, 0.717) is 18.7 Å². The minimum absolute atomic E-state index is 0.0150. The Morgan fingerprint density at radius 3 is 2.81 bits per heavy atom. The first-order valence-corrected chi connectivity index (χ1v) is 5.34. The Balaban J connectivity index is 2.76. The van der Waals surface area contributed by atoms with Crippen LogP contribution in [0.5, 0.6) is 0 Å². The van der Waals surface area contributed by atoms with Gasteiger partial charge in [0, 0.05) is 19.2 Å². The van der Waals surface area contributed by atoms with Crippen LogP contribution in [0.15, 0.2) is 18.2 Å². The molecule has 3 nitrogen and oxygen atoms in total. The van der Waals surface area contributed by atoms with E-state index >= 15 is 0 Å². The van der Waals surface area contributed by atoms with Crippen LogP contribution in [0, 0.1) is 5.82 Å². The molecule has 1 rings (SSSR count). The third-order valence-electron chi connectivity index (χ3n) is 2.21. The minimum Gasteiger partial charge on any atom is -0.342 e. The lowest BCUT2D eigenvalue weighted by Crippen LogP contribution is -2.29. The Morgan fingerprint density at radius 2 is 2.25 bits per heavy atom. The summed E-state index contributed by atoms with van der Waals surface area (Å²) in [7, 11) is 1.66. The van der Waals surface area contributed by atoms with Gasteiger partial charge < -0.3 is 10.6 Å². The summed E-state index contributed by atoms with van der Waals surface area (Å²) in [6, 6.07) is 4.02. The highest BCUT2D eigenvalue weighted by molar-refractivity contribution is 6.30. The number of hydrogen-bond donors (Lipinski definition) is 1. The van der Waals surface area contributed by atoms with Gasteiger partial charge in [-0.1, -0.05) is 11.6 Å². The van der Waals surface area contributed by atoms with Crippen LogP contribution in [0.3, 0.4) is 0 Å². The van der Waals surface area contributed by atoms with Crippen LogP contribution in [0.1, 0.15) is 16.8 Å². The quantitative estimate of drug-likeness (QED) is 0.879. The summed E-state index contributed by atoms with van der Waals surface area (Å²) >= 11 is 5.53. The van der Waals surface area contributed by atoms with E-state index < -0.39 is 5.82 Å². The third-order valence-corrected chi connectivity index (χ3v) is 2.52. The number of nitrogens with two attached hydrogens (primary N) is 1. The van der Waals surface area contributed by atoms with Gasteiger partial charge in [0.1, 0.15) is 5.82 Å². The zero-order valence-electron chi connectivity index (χ0n) is 9.04. The molecule has 0 bridgehead atoms. The number of hydrogen-bond acceptors (Lipinski definition) is 2. The van der Waals surface area contributed by atoms with E-state index in [1.165, 1.54) is 17.0 Å². The van der Waals surface area contributed by atoms with Crippen molar-refractivity contribution in [3.05, 3.63) is 34.6 Å². The Morgan fingerprint density at radius 1 is 1.56 bits per heavy atom. The standard InChI is InChI=1S/C11H14ClFN2O/c1-15(6-2-5-14)11(16)8-3-4-9(12)10(13)7-8/h3-4,7H,2,5-6,14H2,1H3. The molecule has 0 spiro atoms. The molecule has 1 amide bonds. The molecule has 0 saturated heterocycles. The molecule has 0 unspecified atom stereocenters. The monoisotopic (exact) mass is 244 g/mol. The normalized spacial score (nSPS) is 10.2. The highest BCUT2D eigenvalue weighted by atomic mass is 35.5. The van der Waals surface area contributed by atoms with Crippen molar-refractivity contribution in [2.45, 2.75) is 6.42 Å². The molecule has 0 aromatic heterocycles. The molecule has 0 atom stereocenters. The van der Waals surface area contributed by atoms with Gasteiger partial charge in [0.15, 0.2) is 0 Å². The minimum atomic E-state index is -0.584. The van der Waals surface area contributed by atoms with Gasteiger partial charge in [-0.25, -0.2) is 4.39 Å². The van der Waals surface area contributed by atoms with Crippen LogP contribution in [0.25, 0.3) is 0 Å². The second kappa shape index (κ2) is 5.82. The van der Waals surface area contributed by atoms with Crippen molar-refractivity contribution < 1.29 is 9.18 Å². The molecule has 1 aromatic carbocycles. The maximum atomic E-state index is 13.1. The van der Waals surface area contributed by atoms with E-state index in [1.54, 1.807) is 7.05 Å². The van der Waals surface area contributed by atoms with Gasteiger partial charge in [-0.2, -0.15) is 0 Å². The lowest BCUT2D eigenvalue weighted by Gasteiger charge is -2.16. The molecule has 0 aliphatic heterocycles. The van der Waals surface area contributed by atoms with E-state index in [2.05, 4.69) is 0 Å². The van der Waals surface area contributed by atoms with Gasteiger partial charge in [0.25, 0.3) is 5.91 Å². The van der Waals surface area contributed by atoms with E-state index in [4.69, 9.17) is 17.3 Å². The van der Waals surface area contributed by atoms with Crippen LogP contribution in [-0.2, 0) is 0 Å². The predicted octanol–water partition coefficient (Wildman–Crippen LogP) is 1.90. The first kappa shape index (κ1) is 12.9. The maximum absolute atomic E-state index is 13.1. The Labute approximate surface area is 99.0 Å². The highest BCUT2D eigenvalue weighted by Crippen LogP contribution is 2.16. The van der Waals surface area contributed by atoms with Crippen molar-refractivity contribution in [3.8, 4) is 0 Å². The first-order chi connectivity index (χ1) is 7.56. The Bertz CT molecular complexity index is 384. The Hall–Kier alpha value is -1.13. The van der Waals surface area contributed by atoms with E-state index in [-0.39, 0.29) is 10.9 Å². The number of benzene rings is 1.